The van der Waals surface area contributed by atoms with Gasteiger partial charge in [-0.15, -0.1) is 0 Å². The predicted octanol–water partition coefficient (Wildman–Crippen LogP) is 4.19. The van der Waals surface area contributed by atoms with Crippen LogP contribution in [0.1, 0.15) is 52.6 Å². The molecule has 3 heteroatoms. The lowest BCUT2D eigenvalue weighted by atomic mass is 10.1. The lowest BCUT2D eigenvalue weighted by Gasteiger charge is -2.25. The molecule has 0 bridgehead atoms. The van der Waals surface area contributed by atoms with Crippen molar-refractivity contribution in [3.63, 3.8) is 0 Å². The Balaban J connectivity index is 2.81. The molecule has 1 rings (SSSR count). The normalized spacial score (nSPS) is 14.2. The second-order valence-electron chi connectivity index (χ2n) is 5.76. The molecule has 0 radical (unpaired) electrons. The van der Waals surface area contributed by atoms with Crippen LogP contribution in [0.2, 0.25) is 0 Å². The fraction of sp³-hybridized carbons (Fsp3) is 0.667. The van der Waals surface area contributed by atoms with Crippen LogP contribution in [0.4, 0.5) is 0 Å². The number of para-hydroxylation sites is 1. The van der Waals surface area contributed by atoms with E-state index in [0.717, 1.165) is 18.7 Å². The molecule has 3 nitrogen and oxygen atoms in total. The van der Waals surface area contributed by atoms with Gasteiger partial charge >= 0.3 is 0 Å². The van der Waals surface area contributed by atoms with Gasteiger partial charge in [0.05, 0.1) is 25.4 Å². The average Bonchev–Trinajstić information content (AvgIpc) is 2.48. The summed E-state index contributed by atoms with van der Waals surface area (Å²) in [6.07, 6.45) is 1.36. The molecule has 1 aromatic rings. The molecule has 0 saturated carbocycles. The van der Waals surface area contributed by atoms with E-state index < -0.39 is 0 Å². The lowest BCUT2D eigenvalue weighted by molar-refractivity contribution is 0.0214. The molecule has 0 aliphatic carbocycles. The summed E-state index contributed by atoms with van der Waals surface area (Å²) in [4.78, 5) is 0. The number of hydrogen-bond acceptors (Lipinski definition) is 3. The zero-order valence-corrected chi connectivity index (χ0v) is 14.2. The molecule has 0 aromatic heterocycles. The van der Waals surface area contributed by atoms with Gasteiger partial charge in [-0.25, -0.2) is 0 Å². The van der Waals surface area contributed by atoms with Crippen molar-refractivity contribution in [2.45, 2.75) is 53.2 Å². The van der Waals surface area contributed by atoms with E-state index in [9.17, 15) is 0 Å². The zero-order valence-electron chi connectivity index (χ0n) is 14.2. The first-order valence-corrected chi connectivity index (χ1v) is 8.16. The van der Waals surface area contributed by atoms with E-state index in [-0.39, 0.29) is 12.1 Å². The molecule has 120 valence electrons. The number of benzene rings is 1. The van der Waals surface area contributed by atoms with Crippen molar-refractivity contribution in [3.8, 4) is 5.75 Å². The molecule has 1 N–H and O–H groups in total. The first kappa shape index (κ1) is 18.0. The molecule has 1 aromatic carbocycles. The highest BCUT2D eigenvalue weighted by Crippen LogP contribution is 2.26. The largest absolute Gasteiger partial charge is 0.494 e. The number of nitrogens with one attached hydrogen (secondary N) is 1. The summed E-state index contributed by atoms with van der Waals surface area (Å²) >= 11 is 0. The molecule has 0 aliphatic rings. The van der Waals surface area contributed by atoms with Crippen molar-refractivity contribution in [3.05, 3.63) is 29.8 Å². The summed E-state index contributed by atoms with van der Waals surface area (Å²) in [6, 6.07) is 8.41. The maximum Gasteiger partial charge on any atom is 0.124 e. The van der Waals surface area contributed by atoms with Crippen molar-refractivity contribution < 1.29 is 9.47 Å². The van der Waals surface area contributed by atoms with Gasteiger partial charge in [-0.05, 0) is 38.8 Å². The van der Waals surface area contributed by atoms with Gasteiger partial charge in [0, 0.05) is 5.56 Å². The minimum atomic E-state index is 0.175. The Labute approximate surface area is 130 Å². The quantitative estimate of drug-likeness (QED) is 0.702. The minimum absolute atomic E-state index is 0.175. The fourth-order valence-corrected chi connectivity index (χ4v) is 2.07. The summed E-state index contributed by atoms with van der Waals surface area (Å²) in [5, 5.41) is 3.57. The van der Waals surface area contributed by atoms with Crippen LogP contribution in [0, 0.1) is 5.92 Å². The van der Waals surface area contributed by atoms with Gasteiger partial charge < -0.3 is 14.8 Å². The first-order valence-electron chi connectivity index (χ1n) is 8.16. The Hall–Kier alpha value is -1.06. The molecule has 0 heterocycles. The van der Waals surface area contributed by atoms with Crippen LogP contribution >= 0.6 is 0 Å². The highest BCUT2D eigenvalue weighted by Gasteiger charge is 2.18. The minimum Gasteiger partial charge on any atom is -0.494 e. The molecule has 0 saturated heterocycles. The van der Waals surface area contributed by atoms with Crippen LogP contribution in [0.5, 0.6) is 5.75 Å². The summed E-state index contributed by atoms with van der Waals surface area (Å²) in [5.41, 5.74) is 1.18. The van der Waals surface area contributed by atoms with E-state index in [2.05, 4.69) is 45.1 Å². The van der Waals surface area contributed by atoms with Gasteiger partial charge in [0.1, 0.15) is 5.75 Å². The summed E-state index contributed by atoms with van der Waals surface area (Å²) < 4.78 is 11.8. The number of rotatable bonds is 10. The molecule has 0 amide bonds. The molecule has 0 fully saturated rings. The van der Waals surface area contributed by atoms with Crippen molar-refractivity contribution in [2.75, 3.05) is 19.8 Å². The van der Waals surface area contributed by atoms with Crippen LogP contribution in [0.15, 0.2) is 24.3 Å². The van der Waals surface area contributed by atoms with E-state index in [4.69, 9.17) is 9.47 Å². The Kier molecular flexibility index (Phi) is 8.40. The molecule has 2 atom stereocenters. The van der Waals surface area contributed by atoms with E-state index in [1.165, 1.54) is 5.56 Å². The molecule has 21 heavy (non-hydrogen) atoms. The standard InChI is InChI=1S/C18H31NO2/c1-6-12-19-17(13-21-15(5)14(3)4)16-10-8-9-11-18(16)20-7-2/h8-11,14-15,17,19H,6-7,12-13H2,1-5H3. The third kappa shape index (κ3) is 6.06. The molecule has 0 spiro atoms. The monoisotopic (exact) mass is 293 g/mol. The second kappa shape index (κ2) is 9.80. The van der Waals surface area contributed by atoms with Gasteiger partial charge in [0.15, 0.2) is 0 Å². The summed E-state index contributed by atoms with van der Waals surface area (Å²) in [7, 11) is 0. The smallest absolute Gasteiger partial charge is 0.124 e. The fourth-order valence-electron chi connectivity index (χ4n) is 2.07. The predicted molar refractivity (Wildman–Crippen MR) is 88.9 cm³/mol. The van der Waals surface area contributed by atoms with Gasteiger partial charge in [0.25, 0.3) is 0 Å². The third-order valence-electron chi connectivity index (χ3n) is 3.70. The van der Waals surface area contributed by atoms with Crippen molar-refractivity contribution in [1.82, 2.24) is 5.32 Å². The Bertz CT molecular complexity index is 393. The van der Waals surface area contributed by atoms with E-state index in [0.29, 0.717) is 19.1 Å². The maximum absolute atomic E-state index is 6.03. The van der Waals surface area contributed by atoms with E-state index >= 15 is 0 Å². The molecule has 0 aliphatic heterocycles. The highest BCUT2D eigenvalue weighted by atomic mass is 16.5. The molecular weight excluding hydrogens is 262 g/mol. The lowest BCUT2D eigenvalue weighted by Crippen LogP contribution is -2.29. The van der Waals surface area contributed by atoms with Gasteiger partial charge in [-0.2, -0.15) is 0 Å². The Morgan fingerprint density at radius 3 is 2.43 bits per heavy atom. The second-order valence-corrected chi connectivity index (χ2v) is 5.76. The van der Waals surface area contributed by atoms with Gasteiger partial charge in [-0.3, -0.25) is 0 Å². The maximum atomic E-state index is 6.03. The topological polar surface area (TPSA) is 30.5 Å². The van der Waals surface area contributed by atoms with E-state index in [1.807, 2.05) is 19.1 Å². The van der Waals surface area contributed by atoms with Crippen LogP contribution in [-0.4, -0.2) is 25.9 Å². The Morgan fingerprint density at radius 2 is 1.81 bits per heavy atom. The van der Waals surface area contributed by atoms with Crippen molar-refractivity contribution >= 4 is 0 Å². The van der Waals surface area contributed by atoms with Gasteiger partial charge in [0.2, 0.25) is 0 Å². The highest BCUT2D eigenvalue weighted by molar-refractivity contribution is 5.36. The van der Waals surface area contributed by atoms with Crippen molar-refractivity contribution in [1.29, 1.82) is 0 Å². The van der Waals surface area contributed by atoms with Crippen LogP contribution in [0.25, 0.3) is 0 Å². The Morgan fingerprint density at radius 1 is 1.10 bits per heavy atom. The van der Waals surface area contributed by atoms with E-state index in [1.54, 1.807) is 0 Å². The number of hydrogen-bond donors (Lipinski definition) is 1. The van der Waals surface area contributed by atoms with Crippen molar-refractivity contribution in [2.24, 2.45) is 5.92 Å². The summed E-state index contributed by atoms with van der Waals surface area (Å²) in [6.45, 7) is 13.0. The zero-order chi connectivity index (χ0) is 15.7. The van der Waals surface area contributed by atoms with Gasteiger partial charge in [-0.1, -0.05) is 39.0 Å². The average molecular weight is 293 g/mol. The molecular formula is C18H31NO2. The molecule has 2 unspecified atom stereocenters. The van der Waals surface area contributed by atoms with Crippen LogP contribution < -0.4 is 10.1 Å². The summed E-state index contributed by atoms with van der Waals surface area (Å²) in [5.74, 6) is 1.48. The van der Waals surface area contributed by atoms with Crippen LogP contribution in [0.3, 0.4) is 0 Å². The SMILES string of the molecule is CCCNC(COC(C)C(C)C)c1ccccc1OCC. The third-order valence-corrected chi connectivity index (χ3v) is 3.70. The number of ether oxygens (including phenoxy) is 2. The van der Waals surface area contributed by atoms with Crippen LogP contribution in [-0.2, 0) is 4.74 Å². The first-order chi connectivity index (χ1) is 10.1.